The molecule has 0 fully saturated rings. The highest BCUT2D eigenvalue weighted by Gasteiger charge is 2.28. The first kappa shape index (κ1) is 25.8. The summed E-state index contributed by atoms with van der Waals surface area (Å²) in [7, 11) is 0. The summed E-state index contributed by atoms with van der Waals surface area (Å²) in [5.41, 5.74) is 1.33. The van der Waals surface area contributed by atoms with Crippen molar-refractivity contribution in [2.45, 2.75) is 39.5 Å². The fourth-order valence-electron chi connectivity index (χ4n) is 3.84. The third-order valence-corrected chi connectivity index (χ3v) is 5.90. The maximum absolute atomic E-state index is 13.5. The number of hydrogen-bond acceptors (Lipinski definition) is 5. The molecule has 1 aromatic carbocycles. The highest BCUT2D eigenvalue weighted by atomic mass is 35.5. The molecule has 1 amide bonds. The molecule has 1 aromatic heterocycles. The maximum atomic E-state index is 13.5. The molecule has 2 heterocycles. The Morgan fingerprint density at radius 3 is 2.85 bits per heavy atom. The zero-order valence-corrected chi connectivity index (χ0v) is 20.3. The van der Waals surface area contributed by atoms with Crippen molar-refractivity contribution in [3.05, 3.63) is 53.5 Å². The van der Waals surface area contributed by atoms with Gasteiger partial charge in [-0.05, 0) is 61.9 Å². The van der Waals surface area contributed by atoms with Crippen LogP contribution in [0.1, 0.15) is 39.5 Å². The van der Waals surface area contributed by atoms with E-state index >= 15 is 0 Å². The topological polar surface area (TPSA) is 68.7 Å². The molecule has 0 spiro atoms. The van der Waals surface area contributed by atoms with E-state index < -0.39 is 5.82 Å². The molecule has 1 atom stereocenters. The van der Waals surface area contributed by atoms with Gasteiger partial charge in [0.2, 0.25) is 0 Å². The number of fused-ring (bicyclic) bond motifs is 1. The number of halogens is 2. The van der Waals surface area contributed by atoms with Crippen molar-refractivity contribution in [3.8, 4) is 16.9 Å². The summed E-state index contributed by atoms with van der Waals surface area (Å²) in [4.78, 5) is 30.7. The van der Waals surface area contributed by atoms with Crippen LogP contribution in [-0.2, 0) is 14.3 Å². The van der Waals surface area contributed by atoms with Crippen molar-refractivity contribution in [2.75, 3.05) is 31.3 Å². The molecule has 1 aliphatic rings. The molecule has 34 heavy (non-hydrogen) atoms. The fraction of sp³-hybridized carbons (Fsp3) is 0.423. The Morgan fingerprint density at radius 1 is 1.29 bits per heavy atom. The molecular weight excluding hydrogens is 459 g/mol. The van der Waals surface area contributed by atoms with Gasteiger partial charge in [0, 0.05) is 25.0 Å². The summed E-state index contributed by atoms with van der Waals surface area (Å²) in [6, 6.07) is 6.07. The molecule has 2 aromatic rings. The lowest BCUT2D eigenvalue weighted by Crippen LogP contribution is -2.42. The van der Waals surface area contributed by atoms with Crippen LogP contribution in [0.4, 0.5) is 10.2 Å². The first-order chi connectivity index (χ1) is 16.4. The predicted octanol–water partition coefficient (Wildman–Crippen LogP) is 5.62. The Morgan fingerprint density at radius 2 is 2.12 bits per heavy atom. The number of hydrogen-bond donors (Lipinski definition) is 0. The highest BCUT2D eigenvalue weighted by molar-refractivity contribution is 6.31. The second-order valence-electron chi connectivity index (χ2n) is 8.20. The molecule has 0 aliphatic carbocycles. The third-order valence-electron chi connectivity index (χ3n) is 5.61. The van der Waals surface area contributed by atoms with Crippen LogP contribution in [0.25, 0.3) is 11.1 Å². The van der Waals surface area contributed by atoms with Crippen LogP contribution in [-0.4, -0.2) is 43.0 Å². The van der Waals surface area contributed by atoms with Crippen LogP contribution < -0.4 is 9.64 Å². The summed E-state index contributed by atoms with van der Waals surface area (Å²) in [5.74, 6) is 0.119. The molecular formula is C26H30ClFN2O4. The number of anilines is 1. The molecule has 0 saturated carbocycles. The summed E-state index contributed by atoms with van der Waals surface area (Å²) in [5, 5.41) is 0.00392. The standard InChI is InChI=1S/C26H30ClFN2O4/c1-3-7-18(16-33-4-2)8-5-6-9-21(31)15-30-25(32)17-34-24-13-20(14-29-26(24)30)19-10-11-23(28)22(27)12-19/h6,9-14,18H,3-5,7-8,15-17H2,1-2H3/b9-6-. The van der Waals surface area contributed by atoms with E-state index in [0.29, 0.717) is 29.4 Å². The monoisotopic (exact) mass is 488 g/mol. The van der Waals surface area contributed by atoms with Gasteiger partial charge in [-0.1, -0.05) is 37.1 Å². The highest BCUT2D eigenvalue weighted by Crippen LogP contribution is 2.34. The third kappa shape index (κ3) is 6.87. The number of rotatable bonds is 12. The number of aromatic nitrogens is 1. The molecule has 0 N–H and O–H groups in total. The number of ketones is 1. The molecule has 1 aliphatic heterocycles. The molecule has 0 radical (unpaired) electrons. The lowest BCUT2D eigenvalue weighted by Gasteiger charge is -2.27. The summed E-state index contributed by atoms with van der Waals surface area (Å²) < 4.78 is 24.6. The normalized spacial score (nSPS) is 14.2. The Bertz CT molecular complexity index is 1040. The van der Waals surface area contributed by atoms with E-state index in [2.05, 4.69) is 11.9 Å². The van der Waals surface area contributed by atoms with Gasteiger partial charge in [-0.3, -0.25) is 14.5 Å². The van der Waals surface area contributed by atoms with Gasteiger partial charge < -0.3 is 9.47 Å². The minimum Gasteiger partial charge on any atom is -0.480 e. The van der Waals surface area contributed by atoms with E-state index in [1.54, 1.807) is 18.3 Å². The maximum Gasteiger partial charge on any atom is 0.266 e. The van der Waals surface area contributed by atoms with E-state index in [1.165, 1.54) is 23.1 Å². The minimum atomic E-state index is -0.508. The van der Waals surface area contributed by atoms with Gasteiger partial charge in [0.25, 0.3) is 5.91 Å². The van der Waals surface area contributed by atoms with Crippen molar-refractivity contribution in [1.29, 1.82) is 0 Å². The predicted molar refractivity (Wildman–Crippen MR) is 131 cm³/mol. The molecule has 8 heteroatoms. The van der Waals surface area contributed by atoms with Gasteiger partial charge >= 0.3 is 0 Å². The van der Waals surface area contributed by atoms with Crippen LogP contribution in [0.2, 0.25) is 5.02 Å². The van der Waals surface area contributed by atoms with Gasteiger partial charge in [0.1, 0.15) is 5.82 Å². The quantitative estimate of drug-likeness (QED) is 0.362. The fourth-order valence-corrected chi connectivity index (χ4v) is 4.02. The van der Waals surface area contributed by atoms with Crippen LogP contribution in [0, 0.1) is 11.7 Å². The average Bonchev–Trinajstić information content (AvgIpc) is 2.83. The summed E-state index contributed by atoms with van der Waals surface area (Å²) in [6.07, 6.45) is 8.86. The molecule has 6 nitrogen and oxygen atoms in total. The van der Waals surface area contributed by atoms with Crippen molar-refractivity contribution in [2.24, 2.45) is 5.92 Å². The molecule has 0 saturated heterocycles. The number of allylic oxidation sites excluding steroid dienone is 1. The lowest BCUT2D eigenvalue weighted by molar-refractivity contribution is -0.123. The number of carbonyl (C=O) groups is 2. The Labute approximate surface area is 204 Å². The number of carbonyl (C=O) groups excluding carboxylic acids is 2. The zero-order valence-electron chi connectivity index (χ0n) is 19.6. The summed E-state index contributed by atoms with van der Waals surface area (Å²) >= 11 is 5.88. The lowest BCUT2D eigenvalue weighted by atomic mass is 9.98. The zero-order chi connectivity index (χ0) is 24.5. The second-order valence-corrected chi connectivity index (χ2v) is 8.61. The largest absolute Gasteiger partial charge is 0.480 e. The van der Waals surface area contributed by atoms with Crippen molar-refractivity contribution < 1.29 is 23.5 Å². The van der Waals surface area contributed by atoms with E-state index in [-0.39, 0.29) is 35.7 Å². The van der Waals surface area contributed by atoms with Crippen LogP contribution in [0.3, 0.4) is 0 Å². The average molecular weight is 489 g/mol. The number of benzene rings is 1. The van der Waals surface area contributed by atoms with E-state index in [4.69, 9.17) is 21.1 Å². The van der Waals surface area contributed by atoms with Crippen LogP contribution >= 0.6 is 11.6 Å². The molecule has 1 unspecified atom stereocenters. The Hall–Kier alpha value is -2.77. The van der Waals surface area contributed by atoms with Gasteiger partial charge in [0.15, 0.2) is 24.0 Å². The van der Waals surface area contributed by atoms with Crippen LogP contribution in [0.15, 0.2) is 42.6 Å². The minimum absolute atomic E-state index is 0.00392. The SMILES string of the molecule is CCCC(CC/C=C\C(=O)CN1C(=O)COc2cc(-c3ccc(F)c(Cl)c3)cnc21)COCC. The van der Waals surface area contributed by atoms with Gasteiger partial charge in [-0.25, -0.2) is 9.37 Å². The number of pyridine rings is 1. The van der Waals surface area contributed by atoms with E-state index in [0.717, 1.165) is 32.3 Å². The Kier molecular flexibility index (Phi) is 9.60. The van der Waals surface area contributed by atoms with Gasteiger partial charge in [0.05, 0.1) is 11.6 Å². The smallest absolute Gasteiger partial charge is 0.266 e. The summed E-state index contributed by atoms with van der Waals surface area (Å²) in [6.45, 7) is 5.29. The van der Waals surface area contributed by atoms with Crippen molar-refractivity contribution >= 4 is 29.1 Å². The van der Waals surface area contributed by atoms with Gasteiger partial charge in [-0.15, -0.1) is 0 Å². The number of amides is 1. The Balaban J connectivity index is 1.64. The molecule has 3 rings (SSSR count). The second kappa shape index (κ2) is 12.6. The van der Waals surface area contributed by atoms with Crippen LogP contribution in [0.5, 0.6) is 5.75 Å². The van der Waals surface area contributed by atoms with E-state index in [9.17, 15) is 14.0 Å². The number of nitrogens with zero attached hydrogens (tertiary/aromatic N) is 2. The first-order valence-corrected chi connectivity index (χ1v) is 12.0. The van der Waals surface area contributed by atoms with Crippen molar-refractivity contribution in [1.82, 2.24) is 4.98 Å². The molecule has 182 valence electrons. The first-order valence-electron chi connectivity index (χ1n) is 11.6. The number of ether oxygens (including phenoxy) is 2. The van der Waals surface area contributed by atoms with Gasteiger partial charge in [-0.2, -0.15) is 0 Å². The van der Waals surface area contributed by atoms with E-state index in [1.807, 2.05) is 13.0 Å². The van der Waals surface area contributed by atoms with Crippen molar-refractivity contribution in [3.63, 3.8) is 0 Å². The molecule has 0 bridgehead atoms.